The van der Waals surface area contributed by atoms with Gasteiger partial charge in [-0.2, -0.15) is 0 Å². The van der Waals surface area contributed by atoms with Crippen molar-refractivity contribution in [2.45, 2.75) is 76.0 Å². The van der Waals surface area contributed by atoms with Crippen molar-refractivity contribution in [2.75, 3.05) is 6.26 Å². The van der Waals surface area contributed by atoms with Crippen molar-refractivity contribution in [2.24, 2.45) is 10.7 Å². The number of nitrogens with zero attached hydrogens (tertiary/aromatic N) is 1. The maximum atomic E-state index is 13.0. The number of rotatable bonds is 5. The monoisotopic (exact) mass is 511 g/mol. The fourth-order valence-corrected chi connectivity index (χ4v) is 5.64. The molecule has 0 bridgehead atoms. The van der Waals surface area contributed by atoms with Gasteiger partial charge in [0.2, 0.25) is 5.91 Å². The molecular formula is C27H33N3O5S. The van der Waals surface area contributed by atoms with E-state index in [1.54, 1.807) is 38.1 Å². The number of amides is 2. The van der Waals surface area contributed by atoms with Crippen LogP contribution in [0.5, 0.6) is 5.75 Å². The SMILES string of the molecule is CC1(C)Cc2cc(S(C)(=O)=O)c3c(c2C(c2cccc(C(=O)NC(C)(C)C(N)=O)c2)=N1)CC(C)(C)O3. The van der Waals surface area contributed by atoms with Gasteiger partial charge in [-0.3, -0.25) is 14.6 Å². The molecule has 0 unspecified atom stereocenters. The van der Waals surface area contributed by atoms with Crippen LogP contribution in [-0.2, 0) is 27.5 Å². The minimum absolute atomic E-state index is 0.195. The van der Waals surface area contributed by atoms with Crippen molar-refractivity contribution in [3.8, 4) is 5.75 Å². The highest BCUT2D eigenvalue weighted by atomic mass is 32.2. The number of hydrogen-bond acceptors (Lipinski definition) is 6. The van der Waals surface area contributed by atoms with Crippen molar-refractivity contribution >= 4 is 27.4 Å². The Labute approximate surface area is 212 Å². The van der Waals surface area contributed by atoms with Crippen LogP contribution >= 0.6 is 0 Å². The van der Waals surface area contributed by atoms with Gasteiger partial charge in [-0.25, -0.2) is 8.42 Å². The van der Waals surface area contributed by atoms with Crippen molar-refractivity contribution < 1.29 is 22.7 Å². The molecule has 2 heterocycles. The van der Waals surface area contributed by atoms with Crippen molar-refractivity contribution in [1.29, 1.82) is 0 Å². The van der Waals surface area contributed by atoms with Gasteiger partial charge in [0.05, 0.1) is 11.3 Å². The first-order valence-electron chi connectivity index (χ1n) is 11.8. The molecule has 2 aliphatic rings. The first kappa shape index (κ1) is 25.9. The zero-order chi connectivity index (χ0) is 26.8. The molecule has 9 heteroatoms. The predicted molar refractivity (Wildman–Crippen MR) is 139 cm³/mol. The Morgan fingerprint density at radius 3 is 2.39 bits per heavy atom. The third-order valence-electron chi connectivity index (χ3n) is 6.52. The summed E-state index contributed by atoms with van der Waals surface area (Å²) in [5.74, 6) is -0.691. The molecule has 4 rings (SSSR count). The summed E-state index contributed by atoms with van der Waals surface area (Å²) in [6, 6.07) is 8.74. The van der Waals surface area contributed by atoms with Crippen LogP contribution in [0.15, 0.2) is 40.2 Å². The van der Waals surface area contributed by atoms with Crippen LogP contribution in [0.4, 0.5) is 0 Å². The van der Waals surface area contributed by atoms with Crippen molar-refractivity contribution in [3.05, 3.63) is 58.1 Å². The van der Waals surface area contributed by atoms with Crippen LogP contribution in [0.3, 0.4) is 0 Å². The largest absolute Gasteiger partial charge is 0.486 e. The Bertz CT molecular complexity index is 1440. The summed E-state index contributed by atoms with van der Waals surface area (Å²) in [7, 11) is -3.53. The average Bonchev–Trinajstić information content (AvgIpc) is 3.05. The van der Waals surface area contributed by atoms with Gasteiger partial charge in [0.15, 0.2) is 9.84 Å². The Morgan fingerprint density at radius 1 is 1.11 bits per heavy atom. The zero-order valence-electron chi connectivity index (χ0n) is 21.8. The lowest BCUT2D eigenvalue weighted by Crippen LogP contribution is -2.53. The van der Waals surface area contributed by atoms with E-state index in [0.717, 1.165) is 16.7 Å². The van der Waals surface area contributed by atoms with Gasteiger partial charge >= 0.3 is 0 Å². The number of carbonyl (C=O) groups excluding carboxylic acids is 2. The Kier molecular flexibility index (Phi) is 5.87. The summed E-state index contributed by atoms with van der Waals surface area (Å²) in [5, 5.41) is 2.67. The van der Waals surface area contributed by atoms with E-state index in [0.29, 0.717) is 35.4 Å². The number of benzene rings is 2. The van der Waals surface area contributed by atoms with Crippen LogP contribution in [0, 0.1) is 0 Å². The number of sulfone groups is 1. The van der Waals surface area contributed by atoms with E-state index in [1.165, 1.54) is 6.26 Å². The Balaban J connectivity index is 1.89. The Hall–Kier alpha value is -3.20. The van der Waals surface area contributed by atoms with Gasteiger partial charge in [-0.15, -0.1) is 0 Å². The maximum Gasteiger partial charge on any atom is 0.252 e. The van der Waals surface area contributed by atoms with Gasteiger partial charge in [0, 0.05) is 34.9 Å². The average molecular weight is 512 g/mol. The summed E-state index contributed by atoms with van der Waals surface area (Å²) in [4.78, 5) is 29.9. The number of primary amides is 1. The van der Waals surface area contributed by atoms with Crippen LogP contribution in [0.25, 0.3) is 0 Å². The molecule has 0 saturated carbocycles. The highest BCUT2D eigenvalue weighted by molar-refractivity contribution is 7.90. The number of nitrogens with one attached hydrogen (secondary N) is 1. The molecule has 2 aromatic carbocycles. The molecule has 0 atom stereocenters. The van der Waals surface area contributed by atoms with Crippen LogP contribution in [0.1, 0.15) is 74.2 Å². The maximum absolute atomic E-state index is 13.0. The second-order valence-electron chi connectivity index (χ2n) is 11.5. The summed E-state index contributed by atoms with van der Waals surface area (Å²) in [5.41, 5.74) is 7.45. The molecule has 3 N–H and O–H groups in total. The van der Waals surface area contributed by atoms with Crippen molar-refractivity contribution in [1.82, 2.24) is 5.32 Å². The topological polar surface area (TPSA) is 128 Å². The van der Waals surface area contributed by atoms with E-state index in [9.17, 15) is 18.0 Å². The van der Waals surface area contributed by atoms with E-state index in [-0.39, 0.29) is 4.90 Å². The summed E-state index contributed by atoms with van der Waals surface area (Å²) in [6.07, 6.45) is 2.29. The number of hydrogen-bond donors (Lipinski definition) is 2. The summed E-state index contributed by atoms with van der Waals surface area (Å²) >= 11 is 0. The lowest BCUT2D eigenvalue weighted by Gasteiger charge is -2.31. The van der Waals surface area contributed by atoms with E-state index < -0.39 is 38.3 Å². The second kappa shape index (κ2) is 8.16. The number of fused-ring (bicyclic) bond motifs is 3. The molecule has 192 valence electrons. The molecule has 36 heavy (non-hydrogen) atoms. The molecule has 8 nitrogen and oxygen atoms in total. The molecule has 0 fully saturated rings. The van der Waals surface area contributed by atoms with E-state index in [2.05, 4.69) is 5.32 Å². The molecule has 0 aromatic heterocycles. The highest BCUT2D eigenvalue weighted by Gasteiger charge is 2.41. The molecular weight excluding hydrogens is 478 g/mol. The van der Waals surface area contributed by atoms with Gasteiger partial charge in [-0.05, 0) is 71.7 Å². The summed E-state index contributed by atoms with van der Waals surface area (Å²) in [6.45, 7) is 10.9. The smallest absolute Gasteiger partial charge is 0.252 e. The normalized spacial score (nSPS) is 17.9. The third kappa shape index (κ3) is 4.76. The quantitative estimate of drug-likeness (QED) is 0.638. The van der Waals surface area contributed by atoms with Gasteiger partial charge in [0.1, 0.15) is 21.8 Å². The van der Waals surface area contributed by atoms with E-state index >= 15 is 0 Å². The molecule has 0 spiro atoms. The van der Waals surface area contributed by atoms with E-state index in [1.807, 2.05) is 33.8 Å². The van der Waals surface area contributed by atoms with Gasteiger partial charge in [-0.1, -0.05) is 12.1 Å². The third-order valence-corrected chi connectivity index (χ3v) is 7.62. The number of ether oxygens (including phenoxy) is 1. The van der Waals surface area contributed by atoms with Crippen molar-refractivity contribution in [3.63, 3.8) is 0 Å². The fourth-order valence-electron chi connectivity index (χ4n) is 4.78. The van der Waals surface area contributed by atoms with E-state index in [4.69, 9.17) is 15.5 Å². The van der Waals surface area contributed by atoms with Gasteiger partial charge in [0.25, 0.3) is 5.91 Å². The lowest BCUT2D eigenvalue weighted by molar-refractivity contribution is -0.122. The predicted octanol–water partition coefficient (Wildman–Crippen LogP) is 2.97. The number of aliphatic imine (C=N–C) groups is 1. The van der Waals surface area contributed by atoms with Gasteiger partial charge < -0.3 is 15.8 Å². The fraction of sp³-hybridized carbons (Fsp3) is 0.444. The molecule has 2 amide bonds. The second-order valence-corrected chi connectivity index (χ2v) is 13.5. The highest BCUT2D eigenvalue weighted by Crippen LogP contribution is 2.46. The lowest BCUT2D eigenvalue weighted by atomic mass is 9.81. The zero-order valence-corrected chi connectivity index (χ0v) is 22.6. The van der Waals surface area contributed by atoms with Crippen LogP contribution in [0.2, 0.25) is 0 Å². The molecule has 0 aliphatic carbocycles. The molecule has 0 saturated heterocycles. The molecule has 2 aromatic rings. The Morgan fingerprint density at radius 2 is 1.78 bits per heavy atom. The number of carbonyl (C=O) groups is 2. The first-order chi connectivity index (χ1) is 16.4. The minimum atomic E-state index is -3.53. The van der Waals surface area contributed by atoms with Crippen LogP contribution in [-0.4, -0.2) is 48.9 Å². The first-order valence-corrected chi connectivity index (χ1v) is 13.7. The van der Waals surface area contributed by atoms with Crippen LogP contribution < -0.4 is 15.8 Å². The summed E-state index contributed by atoms with van der Waals surface area (Å²) < 4.78 is 31.5. The standard InChI is InChI=1S/C27H33N3O5S/c1-25(2)13-17-12-19(36(7,33)34)22-18(14-26(3,4)35-22)20(17)21(29-25)15-9-8-10-16(11-15)23(31)30-27(5,6)24(28)32/h8-12H,13-14H2,1-7H3,(H2,28,32)(H,30,31). The molecule has 0 radical (unpaired) electrons. The number of nitrogens with two attached hydrogens (primary N) is 1. The molecule has 2 aliphatic heterocycles. The minimum Gasteiger partial charge on any atom is -0.486 e.